The second-order valence-corrected chi connectivity index (χ2v) is 5.69. The first-order valence-electron chi connectivity index (χ1n) is 5.78. The second kappa shape index (κ2) is 6.53. The molecule has 0 aliphatic carbocycles. The van der Waals surface area contributed by atoms with Gasteiger partial charge in [0.2, 0.25) is 0 Å². The number of rotatable bonds is 5. The van der Waals surface area contributed by atoms with Crippen molar-refractivity contribution in [2.45, 2.75) is 19.4 Å². The minimum atomic E-state index is 0.0971. The summed E-state index contributed by atoms with van der Waals surface area (Å²) in [5, 5.41) is 6.91. The number of nitrogens with one attached hydrogen (secondary N) is 1. The smallest absolute Gasteiger partial charge is 0.0762 e. The largest absolute Gasteiger partial charge is 0.309 e. The van der Waals surface area contributed by atoms with Crippen LogP contribution in [0, 0.1) is 0 Å². The van der Waals surface area contributed by atoms with Crippen LogP contribution in [0.5, 0.6) is 0 Å². The molecule has 0 aliphatic heterocycles. The van der Waals surface area contributed by atoms with Crippen molar-refractivity contribution in [2.75, 3.05) is 6.54 Å². The Morgan fingerprint density at radius 2 is 2.17 bits per heavy atom. The zero-order valence-electron chi connectivity index (χ0n) is 9.99. The molecule has 0 aliphatic rings. The number of hydrogen-bond acceptors (Lipinski definition) is 3. The van der Waals surface area contributed by atoms with Gasteiger partial charge in [-0.3, -0.25) is 4.98 Å². The number of aromatic nitrogens is 1. The fraction of sp³-hybridized carbons (Fsp3) is 0.308. The Morgan fingerprint density at radius 1 is 1.33 bits per heavy atom. The lowest BCUT2D eigenvalue weighted by Gasteiger charge is -2.18. The van der Waals surface area contributed by atoms with Crippen molar-refractivity contribution < 1.29 is 0 Å². The van der Waals surface area contributed by atoms with Crippen LogP contribution in [0.3, 0.4) is 0 Å². The number of pyridine rings is 1. The maximum Gasteiger partial charge on any atom is 0.0762 e. The standard InChI is InChI=1S/C13H14Cl2N2S/c1-2-16-11(8-12-9(14)5-7-18-12)13-10(15)4-3-6-17-13/h3-7,11,16H,2,8H2,1H3. The van der Waals surface area contributed by atoms with Crippen LogP contribution in [-0.2, 0) is 6.42 Å². The molecule has 1 N–H and O–H groups in total. The summed E-state index contributed by atoms with van der Waals surface area (Å²) in [5.74, 6) is 0. The SMILES string of the molecule is CCNC(Cc1sccc1Cl)c1ncccc1Cl. The monoisotopic (exact) mass is 300 g/mol. The predicted molar refractivity (Wildman–Crippen MR) is 78.7 cm³/mol. The molecule has 0 saturated carbocycles. The van der Waals surface area contributed by atoms with Crippen molar-refractivity contribution in [3.8, 4) is 0 Å². The third-order valence-electron chi connectivity index (χ3n) is 2.65. The van der Waals surface area contributed by atoms with Crippen molar-refractivity contribution in [1.29, 1.82) is 0 Å². The first kappa shape index (κ1) is 13.8. The Morgan fingerprint density at radius 3 is 2.78 bits per heavy atom. The van der Waals surface area contributed by atoms with E-state index in [0.717, 1.165) is 28.6 Å². The molecular weight excluding hydrogens is 287 g/mol. The van der Waals surface area contributed by atoms with Gasteiger partial charge in [0.25, 0.3) is 0 Å². The van der Waals surface area contributed by atoms with Gasteiger partial charge in [0, 0.05) is 17.5 Å². The van der Waals surface area contributed by atoms with Crippen LogP contribution in [0.4, 0.5) is 0 Å². The van der Waals surface area contributed by atoms with E-state index in [-0.39, 0.29) is 6.04 Å². The molecule has 0 radical (unpaired) electrons. The average Bonchev–Trinajstić information content (AvgIpc) is 2.75. The maximum atomic E-state index is 6.20. The summed E-state index contributed by atoms with van der Waals surface area (Å²) in [4.78, 5) is 5.53. The van der Waals surface area contributed by atoms with Crippen molar-refractivity contribution in [3.05, 3.63) is 50.4 Å². The van der Waals surface area contributed by atoms with Gasteiger partial charge in [-0.05, 0) is 30.1 Å². The van der Waals surface area contributed by atoms with Gasteiger partial charge in [-0.2, -0.15) is 0 Å². The summed E-state index contributed by atoms with van der Waals surface area (Å²) >= 11 is 14.0. The number of likely N-dealkylation sites (N-methyl/N-ethyl adjacent to an activating group) is 1. The average molecular weight is 301 g/mol. The first-order valence-corrected chi connectivity index (χ1v) is 7.41. The summed E-state index contributed by atoms with van der Waals surface area (Å²) in [5.41, 5.74) is 0.880. The molecule has 2 heterocycles. The van der Waals surface area contributed by atoms with E-state index in [1.165, 1.54) is 0 Å². The van der Waals surface area contributed by atoms with Crippen molar-refractivity contribution in [2.24, 2.45) is 0 Å². The molecule has 0 spiro atoms. The molecule has 1 atom stereocenters. The highest BCUT2D eigenvalue weighted by molar-refractivity contribution is 7.10. The molecule has 2 nitrogen and oxygen atoms in total. The van der Waals surface area contributed by atoms with E-state index in [9.17, 15) is 0 Å². The molecule has 0 bridgehead atoms. The molecule has 0 saturated heterocycles. The summed E-state index contributed by atoms with van der Waals surface area (Å²) in [7, 11) is 0. The molecule has 2 aromatic rings. The van der Waals surface area contributed by atoms with Gasteiger partial charge in [0.1, 0.15) is 0 Å². The Balaban J connectivity index is 2.24. The number of nitrogens with zero attached hydrogens (tertiary/aromatic N) is 1. The topological polar surface area (TPSA) is 24.9 Å². The molecule has 5 heteroatoms. The fourth-order valence-corrected chi connectivity index (χ4v) is 3.24. The van der Waals surface area contributed by atoms with E-state index < -0.39 is 0 Å². The normalized spacial score (nSPS) is 12.6. The van der Waals surface area contributed by atoms with Gasteiger partial charge >= 0.3 is 0 Å². The van der Waals surface area contributed by atoms with Crippen molar-refractivity contribution >= 4 is 34.5 Å². The van der Waals surface area contributed by atoms with Gasteiger partial charge in [0.15, 0.2) is 0 Å². The highest BCUT2D eigenvalue weighted by Crippen LogP contribution is 2.29. The van der Waals surface area contributed by atoms with Crippen LogP contribution in [0.1, 0.15) is 23.5 Å². The quantitative estimate of drug-likeness (QED) is 0.888. The summed E-state index contributed by atoms with van der Waals surface area (Å²) in [6.07, 6.45) is 2.57. The lowest BCUT2D eigenvalue weighted by atomic mass is 10.1. The minimum absolute atomic E-state index is 0.0971. The van der Waals surface area contributed by atoms with Crippen LogP contribution in [0.15, 0.2) is 29.8 Å². The third kappa shape index (κ3) is 3.23. The van der Waals surface area contributed by atoms with Gasteiger partial charge in [0.05, 0.1) is 21.8 Å². The van der Waals surface area contributed by atoms with E-state index in [0.29, 0.717) is 5.02 Å². The van der Waals surface area contributed by atoms with E-state index >= 15 is 0 Å². The lowest BCUT2D eigenvalue weighted by molar-refractivity contribution is 0.540. The zero-order chi connectivity index (χ0) is 13.0. The van der Waals surface area contributed by atoms with E-state index in [1.54, 1.807) is 17.5 Å². The van der Waals surface area contributed by atoms with Crippen molar-refractivity contribution in [1.82, 2.24) is 10.3 Å². The Hall–Kier alpha value is -0.610. The molecule has 18 heavy (non-hydrogen) atoms. The third-order valence-corrected chi connectivity index (χ3v) is 4.38. The predicted octanol–water partition coefficient (Wildman–Crippen LogP) is 4.34. The summed E-state index contributed by atoms with van der Waals surface area (Å²) in [6.45, 7) is 2.93. The van der Waals surface area contributed by atoms with Gasteiger partial charge in [-0.25, -0.2) is 0 Å². The van der Waals surface area contributed by atoms with Crippen LogP contribution < -0.4 is 5.32 Å². The maximum absolute atomic E-state index is 6.20. The van der Waals surface area contributed by atoms with Crippen LogP contribution in [0.2, 0.25) is 10.0 Å². The molecule has 2 aromatic heterocycles. The zero-order valence-corrected chi connectivity index (χ0v) is 12.3. The highest BCUT2D eigenvalue weighted by atomic mass is 35.5. The van der Waals surface area contributed by atoms with E-state index in [4.69, 9.17) is 23.2 Å². The molecule has 2 rings (SSSR count). The Labute approximate surface area is 121 Å². The minimum Gasteiger partial charge on any atom is -0.309 e. The van der Waals surface area contributed by atoms with Crippen LogP contribution in [-0.4, -0.2) is 11.5 Å². The number of halogens is 2. The van der Waals surface area contributed by atoms with Crippen LogP contribution >= 0.6 is 34.5 Å². The van der Waals surface area contributed by atoms with Crippen LogP contribution in [0.25, 0.3) is 0 Å². The molecular formula is C13H14Cl2N2S. The van der Waals surface area contributed by atoms with Gasteiger partial charge < -0.3 is 5.32 Å². The number of hydrogen-bond donors (Lipinski definition) is 1. The molecule has 96 valence electrons. The second-order valence-electron chi connectivity index (χ2n) is 3.88. The highest BCUT2D eigenvalue weighted by Gasteiger charge is 2.17. The lowest BCUT2D eigenvalue weighted by Crippen LogP contribution is -2.24. The summed E-state index contributed by atoms with van der Waals surface area (Å²) < 4.78 is 0. The first-order chi connectivity index (χ1) is 8.72. The number of thiophene rings is 1. The molecule has 1 unspecified atom stereocenters. The fourth-order valence-electron chi connectivity index (χ4n) is 1.82. The molecule has 0 aromatic carbocycles. The van der Waals surface area contributed by atoms with E-state index in [2.05, 4.69) is 17.2 Å². The van der Waals surface area contributed by atoms with E-state index in [1.807, 2.05) is 23.6 Å². The molecule has 0 fully saturated rings. The van der Waals surface area contributed by atoms with Gasteiger partial charge in [-0.15, -0.1) is 11.3 Å². The van der Waals surface area contributed by atoms with Gasteiger partial charge in [-0.1, -0.05) is 30.1 Å². The Kier molecular flexibility index (Phi) is 5.01. The van der Waals surface area contributed by atoms with Crippen molar-refractivity contribution in [3.63, 3.8) is 0 Å². The summed E-state index contributed by atoms with van der Waals surface area (Å²) in [6, 6.07) is 5.72. The molecule has 0 amide bonds. The Bertz CT molecular complexity index is 513.